The van der Waals surface area contributed by atoms with Crippen molar-refractivity contribution in [1.82, 2.24) is 19.5 Å². The van der Waals surface area contributed by atoms with Gasteiger partial charge in [0, 0.05) is 53.0 Å². The normalized spacial score (nSPS) is 14.6. The number of hydrogen-bond donors (Lipinski definition) is 0. The third-order valence-corrected chi connectivity index (χ3v) is 14.7. The molecule has 3 heterocycles. The van der Waals surface area contributed by atoms with E-state index in [0.717, 1.165) is 27.6 Å². The standard InChI is InChI=1S/C57H44N4S/c1-56(2)29-30-57(3,4)47-34-50-45(33-46(47)56)42-16-8-10-18-49(42)61(50)48-19-12-15-38-31-39(25-27-41(38)48)54-58-53(37-23-21-36(22-24-37)35-13-6-5-7-14-35)59-55(60-54)40-26-28-44-43-17-9-11-20-51(43)62-52(44)32-40/h5-28,31-34H,29-30H2,1-4H3. The predicted molar refractivity (Wildman–Crippen MR) is 262 cm³/mol. The molecule has 1 aliphatic rings. The summed E-state index contributed by atoms with van der Waals surface area (Å²) in [5, 5.41) is 7.44. The minimum absolute atomic E-state index is 0.101. The van der Waals surface area contributed by atoms with Gasteiger partial charge in [0.05, 0.1) is 16.7 Å². The molecule has 11 aromatic rings. The van der Waals surface area contributed by atoms with Crippen LogP contribution in [0.2, 0.25) is 0 Å². The Morgan fingerprint density at radius 1 is 0.403 bits per heavy atom. The molecule has 0 atom stereocenters. The third kappa shape index (κ3) is 5.90. The summed E-state index contributed by atoms with van der Waals surface area (Å²) in [5.74, 6) is 1.95. The molecule has 0 radical (unpaired) electrons. The first-order valence-electron chi connectivity index (χ1n) is 21.6. The van der Waals surface area contributed by atoms with Crippen molar-refractivity contribution in [2.75, 3.05) is 0 Å². The van der Waals surface area contributed by atoms with Gasteiger partial charge in [0.15, 0.2) is 17.5 Å². The Morgan fingerprint density at radius 3 is 1.73 bits per heavy atom. The summed E-state index contributed by atoms with van der Waals surface area (Å²) in [6.07, 6.45) is 2.36. The molecule has 0 unspecified atom stereocenters. The molecule has 12 rings (SSSR count). The van der Waals surface area contributed by atoms with Crippen LogP contribution in [0.25, 0.3) is 104 Å². The summed E-state index contributed by atoms with van der Waals surface area (Å²) in [6, 6.07) is 61.5. The molecular formula is C57H44N4S. The topological polar surface area (TPSA) is 43.6 Å². The first-order chi connectivity index (χ1) is 30.2. The fourth-order valence-electron chi connectivity index (χ4n) is 9.96. The fourth-order valence-corrected chi connectivity index (χ4v) is 11.1. The molecule has 0 saturated carbocycles. The zero-order valence-corrected chi connectivity index (χ0v) is 36.1. The van der Waals surface area contributed by atoms with Crippen molar-refractivity contribution < 1.29 is 0 Å². The highest BCUT2D eigenvalue weighted by Crippen LogP contribution is 2.49. The van der Waals surface area contributed by atoms with Gasteiger partial charge >= 0.3 is 0 Å². The second-order valence-corrected chi connectivity index (χ2v) is 19.4. The van der Waals surface area contributed by atoms with E-state index < -0.39 is 0 Å². The number of benzene rings is 8. The lowest BCUT2D eigenvalue weighted by molar-refractivity contribution is 0.332. The number of aromatic nitrogens is 4. The van der Waals surface area contributed by atoms with E-state index >= 15 is 0 Å². The lowest BCUT2D eigenvalue weighted by Crippen LogP contribution is -2.33. The van der Waals surface area contributed by atoms with Crippen molar-refractivity contribution in [2.45, 2.75) is 51.4 Å². The van der Waals surface area contributed by atoms with Crippen molar-refractivity contribution >= 4 is 64.1 Å². The zero-order chi connectivity index (χ0) is 41.7. The monoisotopic (exact) mass is 816 g/mol. The van der Waals surface area contributed by atoms with Crippen LogP contribution in [-0.2, 0) is 10.8 Å². The van der Waals surface area contributed by atoms with E-state index in [4.69, 9.17) is 15.0 Å². The first kappa shape index (κ1) is 36.9. The Balaban J connectivity index is 1.02. The highest BCUT2D eigenvalue weighted by atomic mass is 32.1. The van der Waals surface area contributed by atoms with E-state index in [1.807, 2.05) is 6.07 Å². The Morgan fingerprint density at radius 2 is 0.968 bits per heavy atom. The Bertz CT molecular complexity index is 3570. The molecule has 62 heavy (non-hydrogen) atoms. The van der Waals surface area contributed by atoms with Gasteiger partial charge in [-0.15, -0.1) is 11.3 Å². The second-order valence-electron chi connectivity index (χ2n) is 18.3. The van der Waals surface area contributed by atoms with Gasteiger partial charge < -0.3 is 4.57 Å². The quantitative estimate of drug-likeness (QED) is 0.174. The number of fused-ring (bicyclic) bond motifs is 8. The van der Waals surface area contributed by atoms with Gasteiger partial charge in [0.1, 0.15) is 0 Å². The van der Waals surface area contributed by atoms with E-state index in [-0.39, 0.29) is 10.8 Å². The van der Waals surface area contributed by atoms with Crippen LogP contribution in [0.15, 0.2) is 170 Å². The van der Waals surface area contributed by atoms with E-state index in [0.29, 0.717) is 17.5 Å². The van der Waals surface area contributed by atoms with E-state index in [1.54, 1.807) is 11.3 Å². The number of nitrogens with zero attached hydrogens (tertiary/aromatic N) is 4. The molecule has 0 amide bonds. The van der Waals surface area contributed by atoms with Crippen LogP contribution < -0.4 is 0 Å². The SMILES string of the molecule is CC1(C)CCC(C)(C)c2cc3c(cc21)c1ccccc1n3-c1cccc2cc(-c3nc(-c4ccc(-c5ccccc5)cc4)nc(-c4ccc5c(c4)sc4ccccc45)n3)ccc12. The maximum absolute atomic E-state index is 5.23. The third-order valence-electron chi connectivity index (χ3n) is 13.5. The van der Waals surface area contributed by atoms with Gasteiger partial charge in [0.25, 0.3) is 0 Å². The molecule has 8 aromatic carbocycles. The Kier molecular flexibility index (Phi) is 8.20. The summed E-state index contributed by atoms with van der Waals surface area (Å²) >= 11 is 1.81. The molecule has 4 nitrogen and oxygen atoms in total. The maximum Gasteiger partial charge on any atom is 0.164 e. The molecule has 0 bridgehead atoms. The van der Waals surface area contributed by atoms with Crippen LogP contribution in [0.1, 0.15) is 51.7 Å². The van der Waals surface area contributed by atoms with Gasteiger partial charge in [0.2, 0.25) is 0 Å². The number of rotatable bonds is 5. The lowest BCUT2D eigenvalue weighted by atomic mass is 9.63. The van der Waals surface area contributed by atoms with Crippen LogP contribution in [-0.4, -0.2) is 19.5 Å². The maximum atomic E-state index is 5.23. The lowest BCUT2D eigenvalue weighted by Gasteiger charge is -2.42. The highest BCUT2D eigenvalue weighted by molar-refractivity contribution is 7.25. The Labute approximate surface area is 365 Å². The van der Waals surface area contributed by atoms with Crippen molar-refractivity contribution in [3.8, 4) is 51.0 Å². The summed E-state index contributed by atoms with van der Waals surface area (Å²) in [7, 11) is 0. The predicted octanol–water partition coefficient (Wildman–Crippen LogP) is 15.5. The number of para-hydroxylation sites is 1. The van der Waals surface area contributed by atoms with Crippen LogP contribution in [0.5, 0.6) is 0 Å². The molecule has 3 aromatic heterocycles. The van der Waals surface area contributed by atoms with E-state index in [1.165, 1.54) is 82.6 Å². The molecule has 0 N–H and O–H groups in total. The van der Waals surface area contributed by atoms with Crippen LogP contribution in [0.4, 0.5) is 0 Å². The van der Waals surface area contributed by atoms with Crippen molar-refractivity contribution in [2.24, 2.45) is 0 Å². The van der Waals surface area contributed by atoms with Gasteiger partial charge in [-0.2, -0.15) is 0 Å². The summed E-state index contributed by atoms with van der Waals surface area (Å²) in [6.45, 7) is 9.66. The highest BCUT2D eigenvalue weighted by Gasteiger charge is 2.38. The number of thiophene rings is 1. The van der Waals surface area contributed by atoms with Crippen molar-refractivity contribution in [3.63, 3.8) is 0 Å². The summed E-state index contributed by atoms with van der Waals surface area (Å²) in [4.78, 5) is 15.6. The number of hydrogen-bond acceptors (Lipinski definition) is 4. The van der Waals surface area contributed by atoms with Gasteiger partial charge in [-0.1, -0.05) is 155 Å². The Hall–Kier alpha value is -6.95. The smallest absolute Gasteiger partial charge is 0.164 e. The van der Waals surface area contributed by atoms with E-state index in [9.17, 15) is 0 Å². The largest absolute Gasteiger partial charge is 0.309 e. The van der Waals surface area contributed by atoms with Gasteiger partial charge in [-0.25, -0.2) is 15.0 Å². The van der Waals surface area contributed by atoms with Crippen LogP contribution in [0, 0.1) is 0 Å². The fraction of sp³-hybridized carbons (Fsp3) is 0.140. The zero-order valence-electron chi connectivity index (χ0n) is 35.3. The van der Waals surface area contributed by atoms with Crippen LogP contribution in [0.3, 0.4) is 0 Å². The summed E-state index contributed by atoms with van der Waals surface area (Å²) < 4.78 is 4.99. The molecule has 0 saturated heterocycles. The minimum Gasteiger partial charge on any atom is -0.309 e. The van der Waals surface area contributed by atoms with Gasteiger partial charge in [-0.3, -0.25) is 0 Å². The summed E-state index contributed by atoms with van der Waals surface area (Å²) in [5.41, 5.74) is 12.0. The molecule has 5 heteroatoms. The van der Waals surface area contributed by atoms with Gasteiger partial charge in [-0.05, 0) is 93.8 Å². The van der Waals surface area contributed by atoms with E-state index in [2.05, 4.69) is 196 Å². The van der Waals surface area contributed by atoms with Crippen LogP contribution >= 0.6 is 11.3 Å². The molecule has 0 aliphatic heterocycles. The van der Waals surface area contributed by atoms with Crippen molar-refractivity contribution in [3.05, 3.63) is 181 Å². The molecule has 1 aliphatic carbocycles. The average molecular weight is 817 g/mol. The second kappa shape index (κ2) is 13.8. The molecular weight excluding hydrogens is 773 g/mol. The molecule has 0 fully saturated rings. The molecule has 298 valence electrons. The minimum atomic E-state index is 0.101. The van der Waals surface area contributed by atoms with Crippen molar-refractivity contribution in [1.29, 1.82) is 0 Å². The molecule has 0 spiro atoms. The average Bonchev–Trinajstić information content (AvgIpc) is 3.85. The first-order valence-corrected chi connectivity index (χ1v) is 22.5.